The Labute approximate surface area is 144 Å². The van der Waals surface area contributed by atoms with Crippen LogP contribution in [-0.4, -0.2) is 23.2 Å². The van der Waals surface area contributed by atoms with Crippen LogP contribution >= 0.6 is 11.6 Å². The first-order valence-corrected chi connectivity index (χ1v) is 8.86. The van der Waals surface area contributed by atoms with Gasteiger partial charge in [-0.25, -0.2) is 18.1 Å². The Kier molecular flexibility index (Phi) is 4.64. The summed E-state index contributed by atoms with van der Waals surface area (Å²) in [7, 11) is -3.68. The molecule has 2 aromatic carbocycles. The van der Waals surface area contributed by atoms with Crippen LogP contribution in [0.1, 0.15) is 5.56 Å². The van der Waals surface area contributed by atoms with Gasteiger partial charge in [0.2, 0.25) is 0 Å². The van der Waals surface area contributed by atoms with E-state index in [4.69, 9.17) is 11.6 Å². The third kappa shape index (κ3) is 4.01. The van der Waals surface area contributed by atoms with Gasteiger partial charge in [0.05, 0.1) is 16.8 Å². The average molecular weight is 361 g/mol. The minimum Gasteiger partial charge on any atom is -0.278 e. The highest BCUT2D eigenvalue weighted by molar-refractivity contribution is 7.95. The summed E-state index contributed by atoms with van der Waals surface area (Å²) in [6.45, 7) is 0. The molecular formula is C16H13ClN4O2S. The molecule has 0 fully saturated rings. The Morgan fingerprint density at radius 3 is 2.54 bits per heavy atom. The molecule has 122 valence electrons. The smallest absolute Gasteiger partial charge is 0.255 e. The van der Waals surface area contributed by atoms with Crippen molar-refractivity contribution in [2.75, 3.05) is 4.72 Å². The molecule has 1 N–H and O–H groups in total. The highest BCUT2D eigenvalue weighted by atomic mass is 35.5. The van der Waals surface area contributed by atoms with Gasteiger partial charge in [-0.3, -0.25) is 4.72 Å². The topological polar surface area (TPSA) is 76.9 Å². The summed E-state index contributed by atoms with van der Waals surface area (Å²) in [4.78, 5) is 3.87. The molecule has 0 radical (unpaired) electrons. The number of sulfonamides is 1. The standard InChI is InChI=1S/C16H13ClN4O2S/c17-14-7-5-13(6-8-14)9-10-24(22,23)20-15-3-1-2-4-16(15)21-12-18-11-19-21/h1-12,20H/b10-9+. The number of rotatable bonds is 5. The maximum Gasteiger partial charge on any atom is 0.255 e. The van der Waals surface area contributed by atoms with E-state index in [1.54, 1.807) is 48.5 Å². The van der Waals surface area contributed by atoms with Crippen molar-refractivity contribution in [3.8, 4) is 5.69 Å². The van der Waals surface area contributed by atoms with Crippen molar-refractivity contribution in [3.63, 3.8) is 0 Å². The fourth-order valence-corrected chi connectivity index (χ4v) is 3.03. The van der Waals surface area contributed by atoms with Crippen molar-refractivity contribution in [1.29, 1.82) is 0 Å². The third-order valence-corrected chi connectivity index (χ3v) is 4.38. The van der Waals surface area contributed by atoms with Crippen LogP contribution in [0.25, 0.3) is 11.8 Å². The van der Waals surface area contributed by atoms with Crippen LogP contribution in [0.15, 0.2) is 66.6 Å². The number of nitrogens with one attached hydrogen (secondary N) is 1. The summed E-state index contributed by atoms with van der Waals surface area (Å²) >= 11 is 5.81. The maximum absolute atomic E-state index is 12.3. The normalized spacial score (nSPS) is 11.7. The minimum absolute atomic E-state index is 0.406. The molecule has 0 saturated heterocycles. The van der Waals surface area contributed by atoms with Gasteiger partial charge in [-0.2, -0.15) is 5.10 Å². The monoisotopic (exact) mass is 360 g/mol. The molecule has 0 unspecified atom stereocenters. The predicted octanol–water partition coefficient (Wildman–Crippen LogP) is 3.33. The molecule has 0 atom stereocenters. The van der Waals surface area contributed by atoms with Crippen molar-refractivity contribution < 1.29 is 8.42 Å². The Hall–Kier alpha value is -2.64. The van der Waals surface area contributed by atoms with Gasteiger partial charge in [0, 0.05) is 5.02 Å². The zero-order valence-electron chi connectivity index (χ0n) is 12.4. The van der Waals surface area contributed by atoms with Gasteiger partial charge in [0.15, 0.2) is 0 Å². The molecule has 0 spiro atoms. The van der Waals surface area contributed by atoms with Gasteiger partial charge in [-0.1, -0.05) is 35.9 Å². The van der Waals surface area contributed by atoms with E-state index >= 15 is 0 Å². The van der Waals surface area contributed by atoms with Gasteiger partial charge >= 0.3 is 0 Å². The predicted molar refractivity (Wildman–Crippen MR) is 94.4 cm³/mol. The van der Waals surface area contributed by atoms with Crippen LogP contribution < -0.4 is 4.72 Å². The number of benzene rings is 2. The van der Waals surface area contributed by atoms with E-state index in [-0.39, 0.29) is 0 Å². The molecule has 1 heterocycles. The van der Waals surface area contributed by atoms with Crippen molar-refractivity contribution in [1.82, 2.24) is 14.8 Å². The number of hydrogen-bond acceptors (Lipinski definition) is 4. The fourth-order valence-electron chi connectivity index (χ4n) is 2.02. The summed E-state index contributed by atoms with van der Waals surface area (Å²) in [5.74, 6) is 0. The Bertz CT molecular complexity index is 952. The lowest BCUT2D eigenvalue weighted by Gasteiger charge is -2.10. The molecule has 24 heavy (non-hydrogen) atoms. The second-order valence-electron chi connectivity index (χ2n) is 4.86. The number of aromatic nitrogens is 3. The van der Waals surface area contributed by atoms with Crippen LogP contribution in [0, 0.1) is 0 Å². The molecule has 3 aromatic rings. The van der Waals surface area contributed by atoms with E-state index in [0.29, 0.717) is 16.4 Å². The van der Waals surface area contributed by atoms with Crippen LogP contribution in [0.2, 0.25) is 5.02 Å². The van der Waals surface area contributed by atoms with Crippen molar-refractivity contribution in [3.05, 3.63) is 77.2 Å². The summed E-state index contributed by atoms with van der Waals surface area (Å²) in [6, 6.07) is 13.8. The number of anilines is 1. The van der Waals surface area contributed by atoms with Crippen molar-refractivity contribution in [2.45, 2.75) is 0 Å². The molecular weight excluding hydrogens is 348 g/mol. The first-order valence-electron chi connectivity index (χ1n) is 6.94. The van der Waals surface area contributed by atoms with E-state index in [2.05, 4.69) is 14.8 Å². The lowest BCUT2D eigenvalue weighted by Crippen LogP contribution is -2.11. The van der Waals surface area contributed by atoms with Gasteiger partial charge in [-0.15, -0.1) is 0 Å². The molecule has 0 aliphatic carbocycles. The lowest BCUT2D eigenvalue weighted by molar-refractivity contribution is 0.609. The molecule has 3 rings (SSSR count). The highest BCUT2D eigenvalue weighted by Crippen LogP contribution is 2.20. The molecule has 8 heteroatoms. The van der Waals surface area contributed by atoms with Crippen LogP contribution in [0.4, 0.5) is 5.69 Å². The molecule has 6 nitrogen and oxygen atoms in total. The molecule has 0 aliphatic rings. The summed E-state index contributed by atoms with van der Waals surface area (Å²) in [6.07, 6.45) is 4.37. The second kappa shape index (κ2) is 6.86. The fraction of sp³-hybridized carbons (Fsp3) is 0. The quantitative estimate of drug-likeness (QED) is 0.757. The molecule has 0 amide bonds. The Morgan fingerprint density at radius 2 is 1.83 bits per heavy atom. The Balaban J connectivity index is 1.84. The summed E-state index contributed by atoms with van der Waals surface area (Å²) < 4.78 is 28.6. The molecule has 0 saturated carbocycles. The van der Waals surface area contributed by atoms with Crippen LogP contribution in [0.5, 0.6) is 0 Å². The zero-order chi connectivity index (χ0) is 17.0. The first-order chi connectivity index (χ1) is 11.5. The van der Waals surface area contributed by atoms with E-state index < -0.39 is 10.0 Å². The lowest BCUT2D eigenvalue weighted by atomic mass is 10.2. The molecule has 0 aliphatic heterocycles. The zero-order valence-corrected chi connectivity index (χ0v) is 13.9. The number of para-hydroxylation sites is 2. The van der Waals surface area contributed by atoms with Gasteiger partial charge in [-0.05, 0) is 35.9 Å². The van der Waals surface area contributed by atoms with Gasteiger partial charge < -0.3 is 0 Å². The van der Waals surface area contributed by atoms with Crippen molar-refractivity contribution in [2.24, 2.45) is 0 Å². The highest BCUT2D eigenvalue weighted by Gasteiger charge is 2.11. The van der Waals surface area contributed by atoms with Crippen LogP contribution in [0.3, 0.4) is 0 Å². The van der Waals surface area contributed by atoms with E-state index in [1.165, 1.54) is 23.4 Å². The summed E-state index contributed by atoms with van der Waals surface area (Å²) in [5.41, 5.74) is 1.72. The second-order valence-corrected chi connectivity index (χ2v) is 6.86. The maximum atomic E-state index is 12.3. The van der Waals surface area contributed by atoms with Crippen LogP contribution in [-0.2, 0) is 10.0 Å². The van der Waals surface area contributed by atoms with Gasteiger partial charge in [0.1, 0.15) is 12.7 Å². The first kappa shape index (κ1) is 16.2. The Morgan fingerprint density at radius 1 is 1.08 bits per heavy atom. The number of halogens is 1. The largest absolute Gasteiger partial charge is 0.278 e. The van der Waals surface area contributed by atoms with E-state index in [1.807, 2.05) is 0 Å². The summed E-state index contributed by atoms with van der Waals surface area (Å²) in [5, 5.41) is 5.72. The average Bonchev–Trinajstić information content (AvgIpc) is 3.09. The molecule has 1 aromatic heterocycles. The molecule has 0 bridgehead atoms. The number of hydrogen-bond donors (Lipinski definition) is 1. The van der Waals surface area contributed by atoms with Gasteiger partial charge in [0.25, 0.3) is 10.0 Å². The minimum atomic E-state index is -3.68. The van der Waals surface area contributed by atoms with E-state index in [9.17, 15) is 8.42 Å². The SMILES string of the molecule is O=S(=O)(/C=C/c1ccc(Cl)cc1)Nc1ccccc1-n1cncn1. The third-order valence-electron chi connectivity index (χ3n) is 3.13. The van der Waals surface area contributed by atoms with E-state index in [0.717, 1.165) is 11.0 Å². The van der Waals surface area contributed by atoms with Crippen molar-refractivity contribution >= 4 is 33.4 Å². The number of nitrogens with zero attached hydrogens (tertiary/aromatic N) is 3.